The van der Waals surface area contributed by atoms with Crippen LogP contribution in [0, 0.1) is 0 Å². The molecule has 0 atom stereocenters. The van der Waals surface area contributed by atoms with Crippen LogP contribution in [0.2, 0.25) is 0 Å². The van der Waals surface area contributed by atoms with Gasteiger partial charge in [-0.25, -0.2) is 0 Å². The predicted octanol–water partition coefficient (Wildman–Crippen LogP) is 7.31. The minimum atomic E-state index is -0.119. The van der Waals surface area contributed by atoms with Crippen molar-refractivity contribution in [1.82, 2.24) is 0 Å². The minimum Gasteiger partial charge on any atom is -0.299 e. The standard InChI is InChI=1S/C25H34O/c1-2-3-4-5-6-7-8-9-16-21-24(26)25(22-17-12-10-13-18-22)23-19-14-11-15-20-23/h10-15,17-20,25H,2-9,16,21H2,1H3. The fourth-order valence-corrected chi connectivity index (χ4v) is 3.61. The van der Waals surface area contributed by atoms with Crippen LogP contribution in [0.5, 0.6) is 0 Å². The molecule has 0 fully saturated rings. The molecule has 0 radical (unpaired) electrons. The second-order valence-corrected chi connectivity index (χ2v) is 7.30. The van der Waals surface area contributed by atoms with Crippen LogP contribution in [0.3, 0.4) is 0 Å². The molecule has 0 aliphatic carbocycles. The first-order chi connectivity index (χ1) is 12.8. The van der Waals surface area contributed by atoms with Gasteiger partial charge in [0, 0.05) is 6.42 Å². The molecule has 0 unspecified atom stereocenters. The van der Waals surface area contributed by atoms with Crippen molar-refractivity contribution in [2.75, 3.05) is 0 Å². The third-order valence-corrected chi connectivity index (χ3v) is 5.11. The van der Waals surface area contributed by atoms with E-state index in [1.54, 1.807) is 0 Å². The van der Waals surface area contributed by atoms with Crippen molar-refractivity contribution in [2.45, 2.75) is 77.0 Å². The summed E-state index contributed by atoms with van der Waals surface area (Å²) in [7, 11) is 0. The van der Waals surface area contributed by atoms with Gasteiger partial charge in [-0.2, -0.15) is 0 Å². The normalized spacial score (nSPS) is 11.0. The van der Waals surface area contributed by atoms with Gasteiger partial charge in [0.1, 0.15) is 5.78 Å². The lowest BCUT2D eigenvalue weighted by Gasteiger charge is -2.17. The Bertz CT molecular complexity index is 563. The molecule has 0 heterocycles. The Morgan fingerprint density at radius 3 is 1.54 bits per heavy atom. The van der Waals surface area contributed by atoms with Crippen LogP contribution in [0.4, 0.5) is 0 Å². The average Bonchev–Trinajstić information content (AvgIpc) is 2.68. The largest absolute Gasteiger partial charge is 0.299 e. The fourth-order valence-electron chi connectivity index (χ4n) is 3.61. The lowest BCUT2D eigenvalue weighted by Crippen LogP contribution is -2.14. The number of hydrogen-bond acceptors (Lipinski definition) is 1. The molecule has 0 amide bonds. The molecule has 0 aliphatic heterocycles. The van der Waals surface area contributed by atoms with Gasteiger partial charge >= 0.3 is 0 Å². The number of hydrogen-bond donors (Lipinski definition) is 0. The summed E-state index contributed by atoms with van der Waals surface area (Å²) in [5, 5.41) is 0. The van der Waals surface area contributed by atoms with Gasteiger partial charge in [0.2, 0.25) is 0 Å². The van der Waals surface area contributed by atoms with E-state index in [1.165, 1.54) is 51.4 Å². The van der Waals surface area contributed by atoms with E-state index < -0.39 is 0 Å². The maximum absolute atomic E-state index is 13.0. The van der Waals surface area contributed by atoms with E-state index in [0.29, 0.717) is 12.2 Å². The smallest absolute Gasteiger partial charge is 0.144 e. The van der Waals surface area contributed by atoms with Crippen molar-refractivity contribution in [3.63, 3.8) is 0 Å². The molecule has 0 bridgehead atoms. The molecule has 2 rings (SSSR count). The van der Waals surface area contributed by atoms with Crippen molar-refractivity contribution >= 4 is 5.78 Å². The molecule has 26 heavy (non-hydrogen) atoms. The summed E-state index contributed by atoms with van der Waals surface area (Å²) in [6, 6.07) is 20.4. The lowest BCUT2D eigenvalue weighted by atomic mass is 9.85. The van der Waals surface area contributed by atoms with Crippen LogP contribution in [0.25, 0.3) is 0 Å². The molecule has 1 nitrogen and oxygen atoms in total. The van der Waals surface area contributed by atoms with Crippen LogP contribution in [0.15, 0.2) is 60.7 Å². The molecule has 0 N–H and O–H groups in total. The Labute approximate surface area is 159 Å². The maximum Gasteiger partial charge on any atom is 0.144 e. The SMILES string of the molecule is CCCCCCCCCCCC(=O)C(c1ccccc1)c1ccccc1. The molecule has 1 heteroatoms. The zero-order chi connectivity index (χ0) is 18.5. The maximum atomic E-state index is 13.0. The summed E-state index contributed by atoms with van der Waals surface area (Å²) >= 11 is 0. The van der Waals surface area contributed by atoms with Gasteiger partial charge in [-0.15, -0.1) is 0 Å². The highest BCUT2D eigenvalue weighted by Crippen LogP contribution is 2.27. The Morgan fingerprint density at radius 2 is 1.08 bits per heavy atom. The first-order valence-corrected chi connectivity index (χ1v) is 10.5. The zero-order valence-corrected chi connectivity index (χ0v) is 16.3. The molecular formula is C25H34O. The van der Waals surface area contributed by atoms with E-state index >= 15 is 0 Å². The summed E-state index contributed by atoms with van der Waals surface area (Å²) in [6.45, 7) is 2.26. The summed E-state index contributed by atoms with van der Waals surface area (Å²) in [5.41, 5.74) is 2.22. The molecule has 2 aromatic rings. The molecule has 140 valence electrons. The van der Waals surface area contributed by atoms with E-state index in [2.05, 4.69) is 31.2 Å². The Hall–Kier alpha value is -1.89. The summed E-state index contributed by atoms with van der Waals surface area (Å²) in [6.07, 6.45) is 12.2. The van der Waals surface area contributed by atoms with E-state index in [0.717, 1.165) is 17.5 Å². The van der Waals surface area contributed by atoms with E-state index in [4.69, 9.17) is 0 Å². The molecular weight excluding hydrogens is 316 g/mol. The number of unbranched alkanes of at least 4 members (excludes halogenated alkanes) is 8. The average molecular weight is 351 g/mol. The molecule has 0 saturated carbocycles. The molecule has 0 aromatic heterocycles. The predicted molar refractivity (Wildman–Crippen MR) is 112 cm³/mol. The van der Waals surface area contributed by atoms with Crippen molar-refractivity contribution in [3.05, 3.63) is 71.8 Å². The number of carbonyl (C=O) groups is 1. The number of Topliss-reactive ketones (excluding diaryl/α,β-unsaturated/α-hetero) is 1. The third-order valence-electron chi connectivity index (χ3n) is 5.11. The highest BCUT2D eigenvalue weighted by molar-refractivity contribution is 5.89. The topological polar surface area (TPSA) is 17.1 Å². The highest BCUT2D eigenvalue weighted by atomic mass is 16.1. The van der Waals surface area contributed by atoms with E-state index in [1.807, 2.05) is 36.4 Å². The Morgan fingerprint density at radius 1 is 0.654 bits per heavy atom. The van der Waals surface area contributed by atoms with Gasteiger partial charge in [-0.05, 0) is 17.5 Å². The first kappa shape index (κ1) is 20.4. The van der Waals surface area contributed by atoms with Crippen LogP contribution in [-0.2, 0) is 4.79 Å². The summed E-state index contributed by atoms with van der Waals surface area (Å²) in [5.74, 6) is 0.233. The van der Waals surface area contributed by atoms with E-state index in [9.17, 15) is 4.79 Å². The molecule has 0 spiro atoms. The lowest BCUT2D eigenvalue weighted by molar-refractivity contribution is -0.119. The quantitative estimate of drug-likeness (QED) is 0.346. The second kappa shape index (κ2) is 12.5. The van der Waals surface area contributed by atoms with Gasteiger partial charge in [-0.1, -0.05) is 119 Å². The van der Waals surface area contributed by atoms with Crippen LogP contribution in [-0.4, -0.2) is 5.78 Å². The molecule has 0 saturated heterocycles. The van der Waals surface area contributed by atoms with Crippen LogP contribution < -0.4 is 0 Å². The Balaban J connectivity index is 1.79. The summed E-state index contributed by atoms with van der Waals surface area (Å²) < 4.78 is 0. The monoisotopic (exact) mass is 350 g/mol. The number of carbonyl (C=O) groups excluding carboxylic acids is 1. The van der Waals surface area contributed by atoms with Crippen molar-refractivity contribution in [1.29, 1.82) is 0 Å². The fraction of sp³-hybridized carbons (Fsp3) is 0.480. The number of ketones is 1. The van der Waals surface area contributed by atoms with Crippen molar-refractivity contribution < 1.29 is 4.79 Å². The van der Waals surface area contributed by atoms with Gasteiger partial charge in [0.25, 0.3) is 0 Å². The van der Waals surface area contributed by atoms with Gasteiger partial charge in [0.05, 0.1) is 5.92 Å². The van der Waals surface area contributed by atoms with Crippen LogP contribution >= 0.6 is 0 Å². The first-order valence-electron chi connectivity index (χ1n) is 10.5. The Kier molecular flexibility index (Phi) is 9.79. The van der Waals surface area contributed by atoms with Gasteiger partial charge in [0.15, 0.2) is 0 Å². The highest BCUT2D eigenvalue weighted by Gasteiger charge is 2.21. The third kappa shape index (κ3) is 7.15. The minimum absolute atomic E-state index is 0.119. The van der Waals surface area contributed by atoms with E-state index in [-0.39, 0.29) is 5.92 Å². The van der Waals surface area contributed by atoms with Crippen molar-refractivity contribution in [2.24, 2.45) is 0 Å². The number of benzene rings is 2. The van der Waals surface area contributed by atoms with Crippen LogP contribution in [0.1, 0.15) is 88.2 Å². The zero-order valence-electron chi connectivity index (χ0n) is 16.3. The number of rotatable bonds is 13. The van der Waals surface area contributed by atoms with Gasteiger partial charge in [-0.3, -0.25) is 4.79 Å². The molecule has 2 aromatic carbocycles. The molecule has 0 aliphatic rings. The summed E-state index contributed by atoms with van der Waals surface area (Å²) in [4.78, 5) is 13.0. The van der Waals surface area contributed by atoms with Crippen molar-refractivity contribution in [3.8, 4) is 0 Å². The van der Waals surface area contributed by atoms with Gasteiger partial charge < -0.3 is 0 Å². The second-order valence-electron chi connectivity index (χ2n) is 7.30.